The van der Waals surface area contributed by atoms with E-state index >= 15 is 0 Å². The number of rotatable bonds is 3. The first-order chi connectivity index (χ1) is 15.0. The van der Waals surface area contributed by atoms with E-state index in [0.29, 0.717) is 16.9 Å². The zero-order chi connectivity index (χ0) is 22.4. The van der Waals surface area contributed by atoms with Gasteiger partial charge >= 0.3 is 0 Å². The standard InChI is InChI=1S/C21H21N5O3.CH3N/c1-13-10-15-11-16(5-7-18(15)29-13)24-21(22)25-19(27)14-4-6-17(23-12-14)20(28)26-8-2-3-9-26;1-2/h4-7,10-12H,2-3,8-9H2,1H3,(H3,22,24,25,27);2H,1H2. The van der Waals surface area contributed by atoms with Crippen LogP contribution in [0, 0.1) is 12.3 Å². The number of amides is 2. The predicted octanol–water partition coefficient (Wildman–Crippen LogP) is 3.01. The molecule has 1 fully saturated rings. The second kappa shape index (κ2) is 9.66. The molecule has 1 saturated heterocycles. The normalized spacial score (nSPS) is 13.6. The lowest BCUT2D eigenvalue weighted by Crippen LogP contribution is -2.36. The number of benzene rings is 1. The van der Waals surface area contributed by atoms with Crippen molar-refractivity contribution in [2.75, 3.05) is 13.1 Å². The summed E-state index contributed by atoms with van der Waals surface area (Å²) in [6.07, 6.45) is 3.39. The maximum atomic E-state index is 12.4. The fourth-order valence-electron chi connectivity index (χ4n) is 3.33. The number of nitrogens with two attached hydrogens (primary N) is 1. The van der Waals surface area contributed by atoms with Crippen molar-refractivity contribution in [3.63, 3.8) is 0 Å². The Bertz CT molecular complexity index is 1110. The van der Waals surface area contributed by atoms with E-state index in [4.69, 9.17) is 15.6 Å². The van der Waals surface area contributed by atoms with E-state index in [-0.39, 0.29) is 11.9 Å². The lowest BCUT2D eigenvalue weighted by Gasteiger charge is -2.14. The number of carbonyl (C=O) groups excluding carboxylic acids is 2. The molecular weight excluding hydrogens is 396 g/mol. The molecule has 0 spiro atoms. The average molecular weight is 420 g/mol. The molecule has 1 aliphatic heterocycles. The molecule has 9 heteroatoms. The number of aromatic nitrogens is 1. The van der Waals surface area contributed by atoms with Gasteiger partial charge in [0.25, 0.3) is 11.8 Å². The first-order valence-electron chi connectivity index (χ1n) is 9.76. The third kappa shape index (κ3) is 5.13. The number of likely N-dealkylation sites (tertiary alicyclic amines) is 1. The number of guanidine groups is 1. The number of aryl methyl sites for hydroxylation is 1. The van der Waals surface area contributed by atoms with Gasteiger partial charge in [0.05, 0.1) is 11.3 Å². The topological polar surface area (TPSA) is 138 Å². The number of nitrogens with one attached hydrogen (secondary N) is 2. The highest BCUT2D eigenvalue weighted by Gasteiger charge is 2.20. The Balaban J connectivity index is 0.00000132. The molecule has 1 aliphatic rings. The van der Waals surface area contributed by atoms with Gasteiger partial charge < -0.3 is 20.5 Å². The first kappa shape index (κ1) is 21.7. The van der Waals surface area contributed by atoms with E-state index in [2.05, 4.69) is 22.0 Å². The number of hydrogen-bond acceptors (Lipinski definition) is 6. The minimum atomic E-state index is -0.445. The van der Waals surface area contributed by atoms with Crippen LogP contribution in [0.3, 0.4) is 0 Å². The summed E-state index contributed by atoms with van der Waals surface area (Å²) in [5.74, 6) is 0.216. The van der Waals surface area contributed by atoms with E-state index in [1.54, 1.807) is 29.2 Å². The Hall–Kier alpha value is -4.01. The maximum absolute atomic E-state index is 12.4. The van der Waals surface area contributed by atoms with E-state index in [1.807, 2.05) is 19.1 Å². The second-order valence-electron chi connectivity index (χ2n) is 6.96. The summed E-state index contributed by atoms with van der Waals surface area (Å²) in [6.45, 7) is 5.87. The van der Waals surface area contributed by atoms with Crippen LogP contribution in [0.15, 0.2) is 52.0 Å². The Labute approximate surface area is 179 Å². The summed E-state index contributed by atoms with van der Waals surface area (Å²) in [7, 11) is 0. The van der Waals surface area contributed by atoms with Crippen LogP contribution < -0.4 is 11.1 Å². The quantitative estimate of drug-likeness (QED) is 0.442. The molecule has 0 unspecified atom stereocenters. The summed E-state index contributed by atoms with van der Waals surface area (Å²) in [5.41, 5.74) is 7.85. The molecule has 0 saturated carbocycles. The highest BCUT2D eigenvalue weighted by Crippen LogP contribution is 2.24. The molecule has 2 amide bonds. The van der Waals surface area contributed by atoms with Gasteiger partial charge in [0, 0.05) is 24.7 Å². The van der Waals surface area contributed by atoms with Crippen LogP contribution in [0.2, 0.25) is 0 Å². The van der Waals surface area contributed by atoms with Gasteiger partial charge in [0.1, 0.15) is 17.0 Å². The van der Waals surface area contributed by atoms with Crippen LogP contribution in [-0.4, -0.2) is 47.5 Å². The zero-order valence-electron chi connectivity index (χ0n) is 17.2. The van der Waals surface area contributed by atoms with Crippen molar-refractivity contribution in [2.45, 2.75) is 19.8 Å². The smallest absolute Gasteiger partial charge is 0.272 e. The number of carbonyl (C=O) groups is 2. The molecule has 4 rings (SSSR count). The van der Waals surface area contributed by atoms with Crippen molar-refractivity contribution >= 4 is 41.1 Å². The van der Waals surface area contributed by atoms with Crippen LogP contribution in [0.1, 0.15) is 39.4 Å². The van der Waals surface area contributed by atoms with E-state index < -0.39 is 5.91 Å². The highest BCUT2D eigenvalue weighted by molar-refractivity contribution is 6.06. The molecule has 4 N–H and O–H groups in total. The first-order valence-corrected chi connectivity index (χ1v) is 9.76. The summed E-state index contributed by atoms with van der Waals surface area (Å²) >= 11 is 0. The Morgan fingerprint density at radius 1 is 1.19 bits per heavy atom. The second-order valence-corrected chi connectivity index (χ2v) is 6.96. The van der Waals surface area contributed by atoms with Crippen LogP contribution >= 0.6 is 0 Å². The van der Waals surface area contributed by atoms with Crippen molar-refractivity contribution in [1.29, 1.82) is 5.41 Å². The summed E-state index contributed by atoms with van der Waals surface area (Å²) in [4.78, 5) is 34.8. The van der Waals surface area contributed by atoms with Gasteiger partial charge in [-0.05, 0) is 62.9 Å². The monoisotopic (exact) mass is 420 g/mol. The van der Waals surface area contributed by atoms with Crippen LogP contribution in [0.4, 0.5) is 5.69 Å². The molecular formula is C22H24N6O3. The zero-order valence-corrected chi connectivity index (χ0v) is 17.2. The molecule has 9 nitrogen and oxygen atoms in total. The van der Waals surface area contributed by atoms with Gasteiger partial charge in [0.15, 0.2) is 0 Å². The van der Waals surface area contributed by atoms with Crippen molar-refractivity contribution in [2.24, 2.45) is 10.7 Å². The number of fused-ring (bicyclic) bond motifs is 1. The van der Waals surface area contributed by atoms with E-state index in [0.717, 1.165) is 42.7 Å². The summed E-state index contributed by atoms with van der Waals surface area (Å²) < 4.78 is 5.53. The fourth-order valence-corrected chi connectivity index (χ4v) is 3.33. The predicted molar refractivity (Wildman–Crippen MR) is 119 cm³/mol. The van der Waals surface area contributed by atoms with Crippen LogP contribution in [0.5, 0.6) is 0 Å². The van der Waals surface area contributed by atoms with Crippen LogP contribution in [0.25, 0.3) is 11.0 Å². The van der Waals surface area contributed by atoms with E-state index in [9.17, 15) is 9.59 Å². The average Bonchev–Trinajstić information content (AvgIpc) is 3.43. The Morgan fingerprint density at radius 3 is 2.61 bits per heavy atom. The van der Waals surface area contributed by atoms with Gasteiger partial charge in [0.2, 0.25) is 5.96 Å². The minimum Gasteiger partial charge on any atom is -0.461 e. The lowest BCUT2D eigenvalue weighted by atomic mass is 10.2. The fraction of sp³-hybridized carbons (Fsp3) is 0.227. The third-order valence-electron chi connectivity index (χ3n) is 4.75. The minimum absolute atomic E-state index is 0.0354. The Kier molecular flexibility index (Phi) is 6.76. The third-order valence-corrected chi connectivity index (χ3v) is 4.75. The molecule has 0 radical (unpaired) electrons. The molecule has 160 valence electrons. The van der Waals surface area contributed by atoms with Gasteiger partial charge in [-0.3, -0.25) is 19.9 Å². The van der Waals surface area contributed by atoms with Crippen molar-refractivity contribution in [3.05, 3.63) is 59.6 Å². The molecule has 1 aromatic carbocycles. The lowest BCUT2D eigenvalue weighted by molar-refractivity contribution is 0.0786. The number of pyridine rings is 1. The molecule has 31 heavy (non-hydrogen) atoms. The van der Waals surface area contributed by atoms with E-state index in [1.165, 1.54) is 6.20 Å². The number of nitrogens with zero attached hydrogens (tertiary/aromatic N) is 3. The van der Waals surface area contributed by atoms with Crippen molar-refractivity contribution in [1.82, 2.24) is 15.2 Å². The molecule has 3 aromatic rings. The molecule has 2 aromatic heterocycles. The molecule has 3 heterocycles. The largest absolute Gasteiger partial charge is 0.461 e. The van der Waals surface area contributed by atoms with Gasteiger partial charge in [-0.1, -0.05) is 0 Å². The van der Waals surface area contributed by atoms with Gasteiger partial charge in [-0.15, -0.1) is 0 Å². The van der Waals surface area contributed by atoms with Crippen molar-refractivity contribution in [3.8, 4) is 0 Å². The summed E-state index contributed by atoms with van der Waals surface area (Å²) in [6, 6.07) is 10.4. The number of aliphatic imine (C=N–C) groups is 1. The Morgan fingerprint density at radius 2 is 1.94 bits per heavy atom. The van der Waals surface area contributed by atoms with Gasteiger partial charge in [-0.2, -0.15) is 0 Å². The molecule has 0 atom stereocenters. The van der Waals surface area contributed by atoms with Gasteiger partial charge in [-0.25, -0.2) is 4.99 Å². The molecule has 0 aliphatic carbocycles. The van der Waals surface area contributed by atoms with Crippen molar-refractivity contribution < 1.29 is 14.0 Å². The maximum Gasteiger partial charge on any atom is 0.272 e. The SMILES string of the molecule is C=N.Cc1cc2cc(N=C(N)NC(=O)c3ccc(C(=O)N4CCCC4)nc3)ccc2o1. The number of furan rings is 1. The highest BCUT2D eigenvalue weighted by atomic mass is 16.3. The number of hydrogen-bond donors (Lipinski definition) is 3. The summed E-state index contributed by atoms with van der Waals surface area (Å²) in [5, 5.41) is 8.94. The van der Waals surface area contributed by atoms with Crippen LogP contribution in [-0.2, 0) is 0 Å². The molecule has 0 bridgehead atoms.